The summed E-state index contributed by atoms with van der Waals surface area (Å²) in [7, 11) is 0. The van der Waals surface area contributed by atoms with Crippen LogP contribution in [0.2, 0.25) is 5.02 Å². The predicted octanol–water partition coefficient (Wildman–Crippen LogP) is 2.27. The number of carbonyl (C=O) groups excluding carboxylic acids is 1. The zero-order chi connectivity index (χ0) is 17.3. The average molecular weight is 354 g/mol. The van der Waals surface area contributed by atoms with Crippen LogP contribution in [0.15, 0.2) is 16.9 Å². The number of benzene rings is 1. The van der Waals surface area contributed by atoms with Gasteiger partial charge in [0.25, 0.3) is 0 Å². The van der Waals surface area contributed by atoms with Gasteiger partial charge < -0.3 is 4.74 Å². The van der Waals surface area contributed by atoms with E-state index in [1.165, 1.54) is 6.07 Å². The molecule has 0 spiro atoms. The second-order valence-corrected chi connectivity index (χ2v) is 6.00. The number of hydrogen-bond donors (Lipinski definition) is 0. The lowest BCUT2D eigenvalue weighted by Gasteiger charge is -2.09. The van der Waals surface area contributed by atoms with Crippen LogP contribution >= 0.6 is 11.6 Å². The summed E-state index contributed by atoms with van der Waals surface area (Å²) < 4.78 is 21.8. The van der Waals surface area contributed by atoms with Crippen molar-refractivity contribution in [1.29, 1.82) is 0 Å². The molecule has 0 saturated carbocycles. The zero-order valence-electron chi connectivity index (χ0n) is 13.2. The van der Waals surface area contributed by atoms with Gasteiger partial charge in [0.2, 0.25) is 0 Å². The Morgan fingerprint density at radius 2 is 2.21 bits per heavy atom. The van der Waals surface area contributed by atoms with E-state index in [1.54, 1.807) is 11.5 Å². The third kappa shape index (κ3) is 3.08. The Bertz CT molecular complexity index is 844. The van der Waals surface area contributed by atoms with Crippen molar-refractivity contribution in [1.82, 2.24) is 14.3 Å². The molecule has 1 aliphatic rings. The Morgan fingerprint density at radius 3 is 2.92 bits per heavy atom. The number of halogens is 2. The topological polar surface area (TPSA) is 66.1 Å². The van der Waals surface area contributed by atoms with Gasteiger partial charge in [-0.15, -0.1) is 5.10 Å². The van der Waals surface area contributed by atoms with Crippen LogP contribution < -0.4 is 5.69 Å². The minimum absolute atomic E-state index is 0.00871. The highest BCUT2D eigenvalue weighted by Gasteiger charge is 2.21. The maximum Gasteiger partial charge on any atom is 0.350 e. The molecule has 8 heteroatoms. The Kier molecular flexibility index (Phi) is 4.71. The third-order valence-electron chi connectivity index (χ3n) is 3.96. The quantitative estimate of drug-likeness (QED) is 0.791. The van der Waals surface area contributed by atoms with Crippen LogP contribution in [0.25, 0.3) is 5.69 Å². The molecule has 1 aromatic carbocycles. The van der Waals surface area contributed by atoms with E-state index in [9.17, 15) is 14.0 Å². The van der Waals surface area contributed by atoms with Gasteiger partial charge in [0.1, 0.15) is 11.5 Å². The van der Waals surface area contributed by atoms with E-state index in [0.29, 0.717) is 24.4 Å². The molecule has 0 bridgehead atoms. The Morgan fingerprint density at radius 1 is 1.42 bits per heavy atom. The first-order chi connectivity index (χ1) is 11.5. The second-order valence-electron chi connectivity index (χ2n) is 5.60. The van der Waals surface area contributed by atoms with E-state index in [2.05, 4.69) is 5.10 Å². The number of rotatable bonds is 4. The Labute approximate surface area is 142 Å². The highest BCUT2D eigenvalue weighted by Crippen LogP contribution is 2.24. The molecular weight excluding hydrogens is 337 g/mol. The number of fused-ring (bicyclic) bond motifs is 1. The van der Waals surface area contributed by atoms with Gasteiger partial charge in [0.15, 0.2) is 5.82 Å². The van der Waals surface area contributed by atoms with Gasteiger partial charge in [-0.05, 0) is 37.5 Å². The van der Waals surface area contributed by atoms with E-state index in [-0.39, 0.29) is 29.4 Å². The van der Waals surface area contributed by atoms with Crippen molar-refractivity contribution in [2.24, 2.45) is 0 Å². The first kappa shape index (κ1) is 16.7. The summed E-state index contributed by atoms with van der Waals surface area (Å²) in [4.78, 5) is 24.1. The fourth-order valence-corrected chi connectivity index (χ4v) is 3.02. The van der Waals surface area contributed by atoms with Crippen molar-refractivity contribution in [2.45, 2.75) is 39.2 Å². The predicted molar refractivity (Wildman–Crippen MR) is 86.1 cm³/mol. The van der Waals surface area contributed by atoms with Crippen LogP contribution in [-0.2, 0) is 28.9 Å². The molecule has 1 aromatic heterocycles. The fraction of sp³-hybridized carbons (Fsp3) is 0.438. The highest BCUT2D eigenvalue weighted by molar-refractivity contribution is 6.31. The van der Waals surface area contributed by atoms with Crippen LogP contribution in [-0.4, -0.2) is 26.9 Å². The minimum Gasteiger partial charge on any atom is -0.466 e. The van der Waals surface area contributed by atoms with Gasteiger partial charge in [-0.2, -0.15) is 4.68 Å². The third-order valence-corrected chi connectivity index (χ3v) is 4.31. The summed E-state index contributed by atoms with van der Waals surface area (Å²) in [6.45, 7) is 2.53. The van der Waals surface area contributed by atoms with E-state index >= 15 is 0 Å². The summed E-state index contributed by atoms with van der Waals surface area (Å²) in [6, 6.07) is 2.48. The van der Waals surface area contributed by atoms with E-state index in [1.807, 2.05) is 0 Å². The number of aryl methyl sites for hydroxylation is 1. The van der Waals surface area contributed by atoms with Gasteiger partial charge in [-0.25, -0.2) is 9.18 Å². The van der Waals surface area contributed by atoms with Crippen molar-refractivity contribution >= 4 is 17.6 Å². The van der Waals surface area contributed by atoms with E-state index in [4.69, 9.17) is 16.3 Å². The van der Waals surface area contributed by atoms with Gasteiger partial charge in [0.05, 0.1) is 13.0 Å². The van der Waals surface area contributed by atoms with Gasteiger partial charge in [-0.3, -0.25) is 9.36 Å². The summed E-state index contributed by atoms with van der Waals surface area (Å²) in [5.74, 6) is -0.480. The molecule has 3 rings (SSSR count). The SMILES string of the molecule is CCOC(=O)Cc1cc(-n2nc3n(c2=O)CCCC3)c(F)cc1Cl. The summed E-state index contributed by atoms with van der Waals surface area (Å²) in [5, 5.41) is 4.35. The molecule has 6 nitrogen and oxygen atoms in total. The lowest BCUT2D eigenvalue weighted by atomic mass is 10.1. The number of ether oxygens (including phenoxy) is 1. The average Bonchev–Trinajstić information content (AvgIpc) is 2.88. The van der Waals surface area contributed by atoms with Crippen LogP contribution in [0.3, 0.4) is 0 Å². The molecule has 0 atom stereocenters. The first-order valence-electron chi connectivity index (χ1n) is 7.84. The van der Waals surface area contributed by atoms with Gasteiger partial charge in [-0.1, -0.05) is 11.6 Å². The van der Waals surface area contributed by atoms with Crippen molar-refractivity contribution in [3.8, 4) is 5.69 Å². The molecular formula is C16H17ClFN3O3. The van der Waals surface area contributed by atoms with Crippen molar-refractivity contribution < 1.29 is 13.9 Å². The molecule has 1 aliphatic heterocycles. The molecule has 0 unspecified atom stereocenters. The summed E-state index contributed by atoms with van der Waals surface area (Å²) >= 11 is 6.01. The maximum atomic E-state index is 14.3. The molecule has 2 heterocycles. The molecule has 0 radical (unpaired) electrons. The molecule has 0 amide bonds. The maximum absolute atomic E-state index is 14.3. The number of aromatic nitrogens is 3. The molecule has 128 valence electrons. The normalized spacial score (nSPS) is 13.6. The highest BCUT2D eigenvalue weighted by atomic mass is 35.5. The molecule has 0 N–H and O–H groups in total. The number of nitrogens with zero attached hydrogens (tertiary/aromatic N) is 3. The van der Waals surface area contributed by atoms with Crippen LogP contribution in [0.4, 0.5) is 4.39 Å². The minimum atomic E-state index is -0.662. The Balaban J connectivity index is 2.03. The van der Waals surface area contributed by atoms with Crippen molar-refractivity contribution in [2.75, 3.05) is 6.61 Å². The van der Waals surface area contributed by atoms with Crippen LogP contribution in [0, 0.1) is 5.82 Å². The van der Waals surface area contributed by atoms with Crippen LogP contribution in [0.1, 0.15) is 31.2 Å². The first-order valence-corrected chi connectivity index (χ1v) is 8.21. The van der Waals surface area contributed by atoms with Crippen LogP contribution in [0.5, 0.6) is 0 Å². The van der Waals surface area contributed by atoms with Crippen molar-refractivity contribution in [3.63, 3.8) is 0 Å². The fourth-order valence-electron chi connectivity index (χ4n) is 2.80. The van der Waals surface area contributed by atoms with Gasteiger partial charge >= 0.3 is 11.7 Å². The number of carbonyl (C=O) groups is 1. The van der Waals surface area contributed by atoms with E-state index in [0.717, 1.165) is 23.6 Å². The molecule has 0 aliphatic carbocycles. The monoisotopic (exact) mass is 353 g/mol. The summed E-state index contributed by atoms with van der Waals surface area (Å²) in [6.07, 6.45) is 2.44. The molecule has 0 fully saturated rings. The number of esters is 1. The number of hydrogen-bond acceptors (Lipinski definition) is 4. The molecule has 2 aromatic rings. The lowest BCUT2D eigenvalue weighted by molar-refractivity contribution is -0.142. The largest absolute Gasteiger partial charge is 0.466 e. The van der Waals surface area contributed by atoms with Gasteiger partial charge in [0, 0.05) is 18.0 Å². The summed E-state index contributed by atoms with van der Waals surface area (Å²) in [5.41, 5.74) is 0.00277. The zero-order valence-corrected chi connectivity index (χ0v) is 14.0. The molecule has 0 saturated heterocycles. The van der Waals surface area contributed by atoms with E-state index < -0.39 is 11.8 Å². The standard InChI is InChI=1S/C16H17ClFN3O3/c1-2-24-15(22)8-10-7-13(12(18)9-11(10)17)21-16(23)20-6-4-3-5-14(20)19-21/h7,9H,2-6,8H2,1H3. The van der Waals surface area contributed by atoms with Crippen molar-refractivity contribution in [3.05, 3.63) is 44.8 Å². The molecule has 24 heavy (non-hydrogen) atoms. The Hall–Kier alpha value is -2.15. The lowest BCUT2D eigenvalue weighted by Crippen LogP contribution is -2.26. The smallest absolute Gasteiger partial charge is 0.350 e. The second kappa shape index (κ2) is 6.76.